The first-order valence-electron chi connectivity index (χ1n) is 12.6. The van der Waals surface area contributed by atoms with Gasteiger partial charge in [0.2, 0.25) is 11.8 Å². The third-order valence-electron chi connectivity index (χ3n) is 7.08. The first kappa shape index (κ1) is 24.1. The lowest BCUT2D eigenvalue weighted by Gasteiger charge is -2.20. The lowest BCUT2D eigenvalue weighted by Crippen LogP contribution is -2.32. The number of methoxy groups -OCH3 is 1. The maximum Gasteiger partial charge on any atom is 0.258 e. The number of anilines is 2. The predicted molar refractivity (Wildman–Crippen MR) is 139 cm³/mol. The zero-order chi connectivity index (χ0) is 24.9. The van der Waals surface area contributed by atoms with Gasteiger partial charge >= 0.3 is 0 Å². The number of amides is 1. The number of aromatic nitrogens is 2. The maximum atomic E-state index is 13.1. The molecule has 3 heterocycles. The highest BCUT2D eigenvalue weighted by Crippen LogP contribution is 2.33. The van der Waals surface area contributed by atoms with E-state index in [-0.39, 0.29) is 18.4 Å². The number of benzene rings is 2. The van der Waals surface area contributed by atoms with Gasteiger partial charge in [-0.15, -0.1) is 0 Å². The molecule has 2 aliphatic heterocycles. The van der Waals surface area contributed by atoms with E-state index in [9.17, 15) is 4.79 Å². The van der Waals surface area contributed by atoms with Gasteiger partial charge in [-0.05, 0) is 68.6 Å². The molecule has 36 heavy (non-hydrogen) atoms. The van der Waals surface area contributed by atoms with Gasteiger partial charge in [0.15, 0.2) is 0 Å². The second-order valence-electron chi connectivity index (χ2n) is 9.38. The molecule has 3 aromatic rings. The summed E-state index contributed by atoms with van der Waals surface area (Å²) in [6.45, 7) is 2.80. The fourth-order valence-electron chi connectivity index (χ4n) is 4.96. The van der Waals surface area contributed by atoms with Crippen LogP contribution < -0.4 is 19.7 Å². The van der Waals surface area contributed by atoms with Gasteiger partial charge in [-0.1, -0.05) is 30.3 Å². The van der Waals surface area contributed by atoms with E-state index in [1.807, 2.05) is 36.4 Å². The normalized spacial score (nSPS) is 17.2. The Morgan fingerprint density at radius 1 is 1.14 bits per heavy atom. The van der Waals surface area contributed by atoms with Crippen molar-refractivity contribution in [3.8, 4) is 11.6 Å². The highest BCUT2D eigenvalue weighted by molar-refractivity contribution is 5.96. The Kier molecular flexibility index (Phi) is 7.32. The van der Waals surface area contributed by atoms with E-state index >= 15 is 0 Å². The minimum absolute atomic E-state index is 0.214. The van der Waals surface area contributed by atoms with Crippen LogP contribution in [0.2, 0.25) is 0 Å². The number of carbonyl (C=O) groups is 1. The summed E-state index contributed by atoms with van der Waals surface area (Å²) in [5, 5.41) is 3.05. The van der Waals surface area contributed by atoms with E-state index in [0.29, 0.717) is 24.1 Å². The fourth-order valence-corrected chi connectivity index (χ4v) is 4.96. The van der Waals surface area contributed by atoms with E-state index in [0.717, 1.165) is 42.9 Å². The summed E-state index contributed by atoms with van der Waals surface area (Å²) in [4.78, 5) is 26.9. The van der Waals surface area contributed by atoms with Gasteiger partial charge in [-0.25, -0.2) is 4.98 Å². The van der Waals surface area contributed by atoms with Crippen LogP contribution >= 0.6 is 0 Å². The van der Waals surface area contributed by atoms with Crippen LogP contribution in [0.3, 0.4) is 0 Å². The quantitative estimate of drug-likeness (QED) is 0.489. The highest BCUT2D eigenvalue weighted by Gasteiger charge is 2.25. The largest absolute Gasteiger partial charge is 0.497 e. The molecular formula is C28H33N5O3. The van der Waals surface area contributed by atoms with Crippen molar-refractivity contribution in [3.63, 3.8) is 0 Å². The van der Waals surface area contributed by atoms with Crippen molar-refractivity contribution in [1.29, 1.82) is 0 Å². The molecule has 2 aromatic carbocycles. The molecule has 0 saturated carbocycles. The van der Waals surface area contributed by atoms with Crippen molar-refractivity contribution in [1.82, 2.24) is 20.2 Å². The number of likely N-dealkylation sites (tertiary alicyclic amines) is 1. The SMILES string of the molecule is COc1ccc(COc2nc(N3CCc4ccccc43)ncc2C(=O)NCCC2CCCN2C)cc1. The molecule has 1 fully saturated rings. The van der Waals surface area contributed by atoms with Crippen LogP contribution in [0.25, 0.3) is 0 Å². The second-order valence-corrected chi connectivity index (χ2v) is 9.38. The Morgan fingerprint density at radius 3 is 2.75 bits per heavy atom. The molecule has 1 N–H and O–H groups in total. The van der Waals surface area contributed by atoms with Crippen molar-refractivity contribution >= 4 is 17.5 Å². The van der Waals surface area contributed by atoms with E-state index < -0.39 is 0 Å². The molecule has 5 rings (SSSR count). The number of para-hydroxylation sites is 1. The molecule has 0 spiro atoms. The van der Waals surface area contributed by atoms with Crippen molar-refractivity contribution in [3.05, 3.63) is 71.4 Å². The number of hydrogen-bond donors (Lipinski definition) is 1. The number of ether oxygens (including phenoxy) is 2. The second kappa shape index (κ2) is 11.0. The number of nitrogens with one attached hydrogen (secondary N) is 1. The van der Waals surface area contributed by atoms with Crippen LogP contribution in [0.4, 0.5) is 11.6 Å². The average molecular weight is 488 g/mol. The molecule has 188 valence electrons. The molecule has 0 bridgehead atoms. The summed E-state index contributed by atoms with van der Waals surface area (Å²) in [5.41, 5.74) is 3.66. The van der Waals surface area contributed by atoms with Crippen LogP contribution in [-0.4, -0.2) is 60.6 Å². The first-order chi connectivity index (χ1) is 17.6. The number of fused-ring (bicyclic) bond motifs is 1. The molecular weight excluding hydrogens is 454 g/mol. The summed E-state index contributed by atoms with van der Waals surface area (Å²) in [6.07, 6.45) is 5.84. The zero-order valence-corrected chi connectivity index (χ0v) is 20.9. The molecule has 0 aliphatic carbocycles. The van der Waals surface area contributed by atoms with Gasteiger partial charge in [0.1, 0.15) is 17.9 Å². The number of hydrogen-bond acceptors (Lipinski definition) is 7. The molecule has 1 aromatic heterocycles. The Bertz CT molecular complexity index is 1200. The number of nitrogens with zero attached hydrogens (tertiary/aromatic N) is 4. The molecule has 8 heteroatoms. The Labute approximate surface area is 212 Å². The van der Waals surface area contributed by atoms with Crippen LogP contribution in [0.15, 0.2) is 54.7 Å². The fraction of sp³-hybridized carbons (Fsp3) is 0.393. The lowest BCUT2D eigenvalue weighted by molar-refractivity contribution is 0.0944. The van der Waals surface area contributed by atoms with Crippen LogP contribution in [0.1, 0.15) is 40.7 Å². The topological polar surface area (TPSA) is 79.8 Å². The van der Waals surface area contributed by atoms with Gasteiger partial charge in [0.25, 0.3) is 5.91 Å². The summed E-state index contributed by atoms with van der Waals surface area (Å²) in [7, 11) is 3.79. The van der Waals surface area contributed by atoms with Gasteiger partial charge < -0.3 is 24.6 Å². The van der Waals surface area contributed by atoms with E-state index in [1.165, 1.54) is 18.4 Å². The first-order valence-corrected chi connectivity index (χ1v) is 12.6. The Morgan fingerprint density at radius 2 is 1.97 bits per heavy atom. The van der Waals surface area contributed by atoms with Crippen molar-refractivity contribution in [2.45, 2.75) is 38.3 Å². The van der Waals surface area contributed by atoms with Crippen molar-refractivity contribution in [2.75, 3.05) is 38.7 Å². The lowest BCUT2D eigenvalue weighted by atomic mass is 10.1. The number of rotatable bonds is 9. The van der Waals surface area contributed by atoms with Crippen LogP contribution in [0, 0.1) is 0 Å². The van der Waals surface area contributed by atoms with Crippen molar-refractivity contribution < 1.29 is 14.3 Å². The average Bonchev–Trinajstić information content (AvgIpc) is 3.53. The van der Waals surface area contributed by atoms with Crippen molar-refractivity contribution in [2.24, 2.45) is 0 Å². The van der Waals surface area contributed by atoms with Crippen LogP contribution in [-0.2, 0) is 13.0 Å². The molecule has 2 aliphatic rings. The summed E-state index contributed by atoms with van der Waals surface area (Å²) in [5.74, 6) is 1.39. The highest BCUT2D eigenvalue weighted by atomic mass is 16.5. The van der Waals surface area contributed by atoms with E-state index in [1.54, 1.807) is 13.3 Å². The smallest absolute Gasteiger partial charge is 0.258 e. The molecule has 1 amide bonds. The Balaban J connectivity index is 1.34. The standard InChI is InChI=1S/C28H33N5O3/c1-32-16-5-7-22(32)13-15-29-26(34)24-18-30-28(33-17-14-21-6-3-4-8-25(21)33)31-27(24)36-19-20-9-11-23(35-2)12-10-20/h3-4,6,8-12,18,22H,5,7,13-17,19H2,1-2H3,(H,29,34). The molecule has 0 radical (unpaired) electrons. The van der Waals surface area contributed by atoms with Gasteiger partial charge in [-0.3, -0.25) is 4.79 Å². The maximum absolute atomic E-state index is 13.1. The molecule has 1 atom stereocenters. The monoisotopic (exact) mass is 487 g/mol. The molecule has 1 saturated heterocycles. The van der Waals surface area contributed by atoms with E-state index in [4.69, 9.17) is 14.5 Å². The molecule has 8 nitrogen and oxygen atoms in total. The van der Waals surface area contributed by atoms with E-state index in [2.05, 4.69) is 39.3 Å². The number of carbonyl (C=O) groups excluding carboxylic acids is 1. The summed E-state index contributed by atoms with van der Waals surface area (Å²) >= 11 is 0. The van der Waals surface area contributed by atoms with Gasteiger partial charge in [0, 0.05) is 31.0 Å². The summed E-state index contributed by atoms with van der Waals surface area (Å²) in [6, 6.07) is 16.4. The minimum atomic E-state index is -0.214. The van der Waals surface area contributed by atoms with Gasteiger partial charge in [-0.2, -0.15) is 4.98 Å². The van der Waals surface area contributed by atoms with Crippen LogP contribution in [0.5, 0.6) is 11.6 Å². The zero-order valence-electron chi connectivity index (χ0n) is 20.9. The Hall–Kier alpha value is -3.65. The summed E-state index contributed by atoms with van der Waals surface area (Å²) < 4.78 is 11.4. The minimum Gasteiger partial charge on any atom is -0.497 e. The third-order valence-corrected chi connectivity index (χ3v) is 7.08. The molecule has 1 unspecified atom stereocenters. The predicted octanol–water partition coefficient (Wildman–Crippen LogP) is 3.97. The third kappa shape index (κ3) is 5.28. The van der Waals surface area contributed by atoms with Gasteiger partial charge in [0.05, 0.1) is 7.11 Å².